The second kappa shape index (κ2) is 22.2. The third kappa shape index (κ3) is 11.0. The van der Waals surface area contributed by atoms with Gasteiger partial charge in [-0.25, -0.2) is 19.2 Å². The molecule has 5 aliphatic rings. The molecule has 9 rings (SSSR count). The van der Waals surface area contributed by atoms with E-state index in [4.69, 9.17) is 28.4 Å². The summed E-state index contributed by atoms with van der Waals surface area (Å²) < 4.78 is 38.8. The molecule has 4 aliphatic carbocycles. The molecule has 0 bridgehead atoms. The number of benzene rings is 4. The molecule has 4 aromatic rings. The van der Waals surface area contributed by atoms with E-state index in [9.17, 15) is 19.2 Å². The molecule has 0 N–H and O–H groups in total. The average Bonchev–Trinajstić information content (AvgIpc) is 3.75. The van der Waals surface area contributed by atoms with Crippen molar-refractivity contribution in [2.75, 3.05) is 6.61 Å². The zero-order valence-electron chi connectivity index (χ0n) is 42.3. The molecular formula is C61H74O10. The van der Waals surface area contributed by atoms with E-state index in [-0.39, 0.29) is 28.2 Å². The van der Waals surface area contributed by atoms with Gasteiger partial charge in [-0.05, 0) is 159 Å². The summed E-state index contributed by atoms with van der Waals surface area (Å²) in [5.41, 5.74) is 1.62. The molecule has 0 amide bonds. The second-order valence-corrected chi connectivity index (χ2v) is 22.4. The van der Waals surface area contributed by atoms with E-state index in [0.717, 1.165) is 55.3 Å². The lowest BCUT2D eigenvalue weighted by Crippen LogP contribution is -2.64. The van der Waals surface area contributed by atoms with Crippen LogP contribution in [0, 0.1) is 52.3 Å². The Balaban J connectivity index is 0.997. The molecule has 0 unspecified atom stereocenters. The fourth-order valence-electron chi connectivity index (χ4n) is 14.2. The quantitative estimate of drug-likeness (QED) is 0.0609. The number of fused-ring (bicyclic) bond motifs is 5. The van der Waals surface area contributed by atoms with E-state index in [1.807, 2.05) is 0 Å². The summed E-state index contributed by atoms with van der Waals surface area (Å²) in [5, 5.41) is 0. The van der Waals surface area contributed by atoms with Crippen LogP contribution in [-0.2, 0) is 28.4 Å². The lowest BCUT2D eigenvalue weighted by molar-refractivity contribution is -0.313. The molecule has 378 valence electrons. The van der Waals surface area contributed by atoms with Gasteiger partial charge in [-0.3, -0.25) is 0 Å². The maximum Gasteiger partial charge on any atom is 0.338 e. The molecule has 0 radical (unpaired) electrons. The standard InChI is InChI=1S/C61H74O10/c1-39(2)19-18-20-40(3)48-31-32-49-47-30-29-45-37-46(33-35-60(45,4)50(47)34-36-61(48,49)5)67-59-54(71-58(65)44-27-16-9-17-28-44)53(70-57(64)43-25-14-8-15-26-43)52(69-56(63)42-23-12-7-13-24-42)51(68-59)38-66-55(62)41-21-10-6-11-22-41/h6-17,21-28,39-40,45-54,59H,18-20,29-38H2,1-5H3/t40-,45+,46+,47+,48-,49+,50+,51+,52+,53-,54+,59+,60+,61-/m1/s1. The van der Waals surface area contributed by atoms with Crippen molar-refractivity contribution in [1.29, 1.82) is 0 Å². The molecule has 1 aliphatic heterocycles. The van der Waals surface area contributed by atoms with E-state index in [1.54, 1.807) is 121 Å². The average molecular weight is 967 g/mol. The van der Waals surface area contributed by atoms with Crippen LogP contribution < -0.4 is 0 Å². The van der Waals surface area contributed by atoms with E-state index >= 15 is 0 Å². The van der Waals surface area contributed by atoms with Crippen LogP contribution >= 0.6 is 0 Å². The molecule has 10 nitrogen and oxygen atoms in total. The van der Waals surface area contributed by atoms with Crippen molar-refractivity contribution in [3.05, 3.63) is 144 Å². The van der Waals surface area contributed by atoms with Crippen LogP contribution in [-0.4, -0.2) is 67.3 Å². The normalized spacial score (nSPS) is 32.6. The highest BCUT2D eigenvalue weighted by Gasteiger charge is 2.61. The third-order valence-corrected chi connectivity index (χ3v) is 17.9. The van der Waals surface area contributed by atoms with Crippen LogP contribution in [0.1, 0.15) is 153 Å². The number of rotatable bonds is 16. The SMILES string of the molecule is CC(C)CCC[C@@H](C)[C@H]1CC[C@H]2[C@@H]3CC[C@H]4C[C@@H](O[C@H]5O[C@@H](COC(=O)c6ccccc6)[C@H](OC(=O)c6ccccc6)[C@@H](OC(=O)c6ccccc6)[C@@H]5OC(=O)c5ccccc5)CC[C@]4(C)[C@H]3CC[C@]12C. The van der Waals surface area contributed by atoms with Gasteiger partial charge >= 0.3 is 23.9 Å². The number of hydrogen-bond acceptors (Lipinski definition) is 10. The predicted molar refractivity (Wildman–Crippen MR) is 270 cm³/mol. The largest absolute Gasteiger partial charge is 0.459 e. The summed E-state index contributed by atoms with van der Waals surface area (Å²) >= 11 is 0. The van der Waals surface area contributed by atoms with Crippen molar-refractivity contribution in [2.45, 2.75) is 148 Å². The first-order valence-corrected chi connectivity index (χ1v) is 26.6. The minimum atomic E-state index is -1.46. The zero-order chi connectivity index (χ0) is 49.7. The summed E-state index contributed by atoms with van der Waals surface area (Å²) in [4.78, 5) is 56.0. The highest BCUT2D eigenvalue weighted by Crippen LogP contribution is 2.68. The molecule has 0 spiro atoms. The highest BCUT2D eigenvalue weighted by molar-refractivity contribution is 5.91. The summed E-state index contributed by atoms with van der Waals surface area (Å²) in [6, 6.07) is 34.0. The first kappa shape index (κ1) is 50.6. The molecule has 4 saturated carbocycles. The minimum Gasteiger partial charge on any atom is -0.459 e. The Hall–Kier alpha value is -5.32. The Morgan fingerprint density at radius 2 is 1.07 bits per heavy atom. The molecular weight excluding hydrogens is 893 g/mol. The van der Waals surface area contributed by atoms with Crippen LogP contribution in [0.4, 0.5) is 0 Å². The molecule has 4 aromatic carbocycles. The number of hydrogen-bond donors (Lipinski definition) is 0. The molecule has 1 heterocycles. The summed E-state index contributed by atoms with van der Waals surface area (Å²) in [6.45, 7) is 12.0. The van der Waals surface area contributed by atoms with Gasteiger partial charge in [0.1, 0.15) is 12.7 Å². The number of ether oxygens (including phenoxy) is 6. The second-order valence-electron chi connectivity index (χ2n) is 22.4. The maximum absolute atomic E-state index is 14.2. The van der Waals surface area contributed by atoms with Crippen LogP contribution in [0.25, 0.3) is 0 Å². The van der Waals surface area contributed by atoms with Crippen LogP contribution in [0.2, 0.25) is 0 Å². The fourth-order valence-corrected chi connectivity index (χ4v) is 14.2. The lowest BCUT2D eigenvalue weighted by Gasteiger charge is -2.61. The number of carbonyl (C=O) groups is 4. The van der Waals surface area contributed by atoms with Crippen molar-refractivity contribution >= 4 is 23.9 Å². The molecule has 1 saturated heterocycles. The van der Waals surface area contributed by atoms with Gasteiger partial charge in [-0.15, -0.1) is 0 Å². The Bertz CT molecular complexity index is 2410. The predicted octanol–water partition coefficient (Wildman–Crippen LogP) is 12.8. The van der Waals surface area contributed by atoms with Gasteiger partial charge in [0.05, 0.1) is 28.4 Å². The lowest BCUT2D eigenvalue weighted by atomic mass is 9.44. The Kier molecular flexibility index (Phi) is 15.8. The summed E-state index contributed by atoms with van der Waals surface area (Å²) in [7, 11) is 0. The van der Waals surface area contributed by atoms with Gasteiger partial charge in [0, 0.05) is 0 Å². The maximum atomic E-state index is 14.2. The van der Waals surface area contributed by atoms with Gasteiger partial charge in [-0.1, -0.05) is 127 Å². The minimum absolute atomic E-state index is 0.163. The van der Waals surface area contributed by atoms with E-state index in [2.05, 4.69) is 34.6 Å². The van der Waals surface area contributed by atoms with Gasteiger partial charge in [-0.2, -0.15) is 0 Å². The molecule has 71 heavy (non-hydrogen) atoms. The smallest absolute Gasteiger partial charge is 0.338 e. The van der Waals surface area contributed by atoms with Gasteiger partial charge in [0.25, 0.3) is 0 Å². The van der Waals surface area contributed by atoms with E-state index in [0.29, 0.717) is 22.8 Å². The molecule has 10 heteroatoms. The van der Waals surface area contributed by atoms with Crippen molar-refractivity contribution in [1.82, 2.24) is 0 Å². The number of carbonyl (C=O) groups excluding carboxylic acids is 4. The highest BCUT2D eigenvalue weighted by atomic mass is 16.7. The monoisotopic (exact) mass is 967 g/mol. The number of esters is 4. The van der Waals surface area contributed by atoms with Crippen molar-refractivity contribution in [3.8, 4) is 0 Å². The Morgan fingerprint density at radius 1 is 0.563 bits per heavy atom. The fraction of sp³-hybridized carbons (Fsp3) is 0.541. The Labute approximate surface area is 420 Å². The van der Waals surface area contributed by atoms with E-state index < -0.39 is 61.2 Å². The Morgan fingerprint density at radius 3 is 1.63 bits per heavy atom. The molecule has 5 fully saturated rings. The van der Waals surface area contributed by atoms with Gasteiger partial charge in [0.2, 0.25) is 0 Å². The van der Waals surface area contributed by atoms with Crippen LogP contribution in [0.3, 0.4) is 0 Å². The zero-order valence-corrected chi connectivity index (χ0v) is 42.3. The van der Waals surface area contributed by atoms with Crippen molar-refractivity contribution < 1.29 is 47.6 Å². The topological polar surface area (TPSA) is 124 Å². The first-order chi connectivity index (χ1) is 34.3. The van der Waals surface area contributed by atoms with Crippen LogP contribution in [0.15, 0.2) is 121 Å². The summed E-state index contributed by atoms with van der Waals surface area (Å²) in [5.74, 6) is 2.12. The first-order valence-electron chi connectivity index (χ1n) is 26.6. The third-order valence-electron chi connectivity index (χ3n) is 17.9. The molecule has 14 atom stereocenters. The molecule has 0 aromatic heterocycles. The van der Waals surface area contributed by atoms with Crippen molar-refractivity contribution in [3.63, 3.8) is 0 Å². The van der Waals surface area contributed by atoms with Gasteiger partial charge < -0.3 is 28.4 Å². The summed E-state index contributed by atoms with van der Waals surface area (Å²) in [6.07, 6.45) is 7.09. The van der Waals surface area contributed by atoms with Crippen molar-refractivity contribution in [2.24, 2.45) is 52.3 Å². The van der Waals surface area contributed by atoms with Gasteiger partial charge in [0.15, 0.2) is 24.6 Å². The van der Waals surface area contributed by atoms with Crippen LogP contribution in [0.5, 0.6) is 0 Å². The van der Waals surface area contributed by atoms with E-state index in [1.165, 1.54) is 51.4 Å².